The lowest BCUT2D eigenvalue weighted by Gasteiger charge is -2.11. The summed E-state index contributed by atoms with van der Waals surface area (Å²) in [6, 6.07) is 16.4. The first-order valence-electron chi connectivity index (χ1n) is 5.87. The quantitative estimate of drug-likeness (QED) is 0.628. The summed E-state index contributed by atoms with van der Waals surface area (Å²) in [4.78, 5) is 0. The zero-order valence-electron chi connectivity index (χ0n) is 10.4. The van der Waals surface area contributed by atoms with Crippen molar-refractivity contribution in [3.8, 4) is 11.5 Å². The fourth-order valence-electron chi connectivity index (χ4n) is 2.43. The smallest absolute Gasteiger partial charge is 0.127 e. The molecular formula is C16H14O2. The minimum atomic E-state index is 0.877. The van der Waals surface area contributed by atoms with E-state index in [0.29, 0.717) is 0 Å². The predicted octanol–water partition coefficient (Wildman–Crippen LogP) is 4.01. The molecule has 0 bridgehead atoms. The number of benzene rings is 3. The van der Waals surface area contributed by atoms with Gasteiger partial charge in [0.25, 0.3) is 0 Å². The fourth-order valence-corrected chi connectivity index (χ4v) is 2.43. The van der Waals surface area contributed by atoms with Crippen LogP contribution in [0.3, 0.4) is 0 Å². The van der Waals surface area contributed by atoms with E-state index in [1.807, 2.05) is 24.3 Å². The molecule has 0 amide bonds. The summed E-state index contributed by atoms with van der Waals surface area (Å²) < 4.78 is 11.0. The number of hydrogen-bond acceptors (Lipinski definition) is 2. The Hall–Kier alpha value is -2.22. The van der Waals surface area contributed by atoms with E-state index in [0.717, 1.165) is 33.0 Å². The Morgan fingerprint density at radius 1 is 0.611 bits per heavy atom. The Balaban J connectivity index is 2.57. The summed E-state index contributed by atoms with van der Waals surface area (Å²) in [6.45, 7) is 0. The first kappa shape index (κ1) is 10.9. The van der Waals surface area contributed by atoms with Gasteiger partial charge >= 0.3 is 0 Å². The molecular weight excluding hydrogens is 224 g/mol. The van der Waals surface area contributed by atoms with Crippen molar-refractivity contribution in [1.29, 1.82) is 0 Å². The van der Waals surface area contributed by atoms with Gasteiger partial charge < -0.3 is 9.47 Å². The average Bonchev–Trinajstić information content (AvgIpc) is 2.45. The lowest BCUT2D eigenvalue weighted by Crippen LogP contribution is -1.89. The third-order valence-corrected chi connectivity index (χ3v) is 3.25. The first-order chi connectivity index (χ1) is 8.85. The lowest BCUT2D eigenvalue weighted by molar-refractivity contribution is 0.416. The van der Waals surface area contributed by atoms with Gasteiger partial charge in [0.05, 0.1) is 14.2 Å². The molecule has 0 fully saturated rings. The number of fused-ring (bicyclic) bond motifs is 3. The van der Waals surface area contributed by atoms with Crippen LogP contribution in [0.15, 0.2) is 48.5 Å². The van der Waals surface area contributed by atoms with E-state index in [1.165, 1.54) is 0 Å². The van der Waals surface area contributed by atoms with E-state index in [9.17, 15) is 0 Å². The Morgan fingerprint density at radius 3 is 1.44 bits per heavy atom. The normalized spacial score (nSPS) is 10.8. The van der Waals surface area contributed by atoms with Gasteiger partial charge in [-0.3, -0.25) is 0 Å². The fraction of sp³-hybridized carbons (Fsp3) is 0.125. The van der Waals surface area contributed by atoms with Crippen LogP contribution in [0.1, 0.15) is 0 Å². The molecule has 3 aromatic rings. The molecule has 0 aliphatic heterocycles. The van der Waals surface area contributed by atoms with Crippen LogP contribution in [0.2, 0.25) is 0 Å². The molecule has 18 heavy (non-hydrogen) atoms. The molecule has 3 aromatic carbocycles. The standard InChI is InChI=1S/C16H14O2/c1-17-13-7-3-5-11-9-10-12-6-4-8-14(18-2)16(12)15(11)13/h3-10H,1-2H3. The molecule has 90 valence electrons. The van der Waals surface area contributed by atoms with Crippen molar-refractivity contribution < 1.29 is 9.47 Å². The van der Waals surface area contributed by atoms with E-state index in [-0.39, 0.29) is 0 Å². The van der Waals surface area contributed by atoms with Crippen LogP contribution in [-0.4, -0.2) is 14.2 Å². The Kier molecular flexibility index (Phi) is 2.56. The van der Waals surface area contributed by atoms with Gasteiger partial charge in [-0.15, -0.1) is 0 Å². The van der Waals surface area contributed by atoms with Crippen molar-refractivity contribution in [2.24, 2.45) is 0 Å². The van der Waals surface area contributed by atoms with Gasteiger partial charge in [-0.2, -0.15) is 0 Å². The van der Waals surface area contributed by atoms with Crippen molar-refractivity contribution in [3.63, 3.8) is 0 Å². The van der Waals surface area contributed by atoms with E-state index >= 15 is 0 Å². The summed E-state index contributed by atoms with van der Waals surface area (Å²) in [5.41, 5.74) is 0. The third kappa shape index (κ3) is 1.50. The Morgan fingerprint density at radius 2 is 1.06 bits per heavy atom. The van der Waals surface area contributed by atoms with Crippen LogP contribution in [0, 0.1) is 0 Å². The summed E-state index contributed by atoms with van der Waals surface area (Å²) in [5, 5.41) is 4.53. The van der Waals surface area contributed by atoms with E-state index in [1.54, 1.807) is 14.2 Å². The average molecular weight is 238 g/mol. The lowest BCUT2D eigenvalue weighted by atomic mass is 10.0. The molecule has 2 nitrogen and oxygen atoms in total. The maximum atomic E-state index is 5.48. The van der Waals surface area contributed by atoms with Crippen molar-refractivity contribution in [1.82, 2.24) is 0 Å². The van der Waals surface area contributed by atoms with Gasteiger partial charge in [0.1, 0.15) is 11.5 Å². The highest BCUT2D eigenvalue weighted by molar-refractivity contribution is 6.13. The highest BCUT2D eigenvalue weighted by Gasteiger charge is 2.09. The van der Waals surface area contributed by atoms with Gasteiger partial charge in [0, 0.05) is 10.8 Å². The number of ether oxygens (including phenoxy) is 2. The van der Waals surface area contributed by atoms with Crippen LogP contribution < -0.4 is 9.47 Å². The van der Waals surface area contributed by atoms with Crippen LogP contribution in [0.5, 0.6) is 11.5 Å². The third-order valence-electron chi connectivity index (χ3n) is 3.25. The minimum absolute atomic E-state index is 0.877. The molecule has 0 aliphatic carbocycles. The van der Waals surface area contributed by atoms with Crippen LogP contribution >= 0.6 is 0 Å². The van der Waals surface area contributed by atoms with Crippen molar-refractivity contribution in [3.05, 3.63) is 48.5 Å². The second kappa shape index (κ2) is 4.22. The van der Waals surface area contributed by atoms with Crippen molar-refractivity contribution >= 4 is 21.5 Å². The van der Waals surface area contributed by atoms with Crippen LogP contribution in [0.4, 0.5) is 0 Å². The minimum Gasteiger partial charge on any atom is -0.496 e. The highest BCUT2D eigenvalue weighted by Crippen LogP contribution is 2.37. The molecule has 0 N–H and O–H groups in total. The monoisotopic (exact) mass is 238 g/mol. The van der Waals surface area contributed by atoms with E-state index in [4.69, 9.17) is 9.47 Å². The number of hydrogen-bond donors (Lipinski definition) is 0. The van der Waals surface area contributed by atoms with E-state index < -0.39 is 0 Å². The molecule has 0 aromatic heterocycles. The molecule has 0 atom stereocenters. The zero-order valence-corrected chi connectivity index (χ0v) is 10.4. The maximum absolute atomic E-state index is 5.48. The molecule has 0 saturated carbocycles. The summed E-state index contributed by atoms with van der Waals surface area (Å²) in [7, 11) is 3.39. The van der Waals surface area contributed by atoms with Gasteiger partial charge in [0.15, 0.2) is 0 Å². The number of rotatable bonds is 2. The largest absolute Gasteiger partial charge is 0.496 e. The topological polar surface area (TPSA) is 18.5 Å². The van der Waals surface area contributed by atoms with Crippen LogP contribution in [-0.2, 0) is 0 Å². The SMILES string of the molecule is COc1cccc2ccc3cccc(OC)c3c12. The second-order valence-electron chi connectivity index (χ2n) is 4.18. The van der Waals surface area contributed by atoms with Crippen molar-refractivity contribution in [2.75, 3.05) is 14.2 Å². The molecule has 0 saturated heterocycles. The highest BCUT2D eigenvalue weighted by atomic mass is 16.5. The van der Waals surface area contributed by atoms with Gasteiger partial charge in [-0.1, -0.05) is 36.4 Å². The van der Waals surface area contributed by atoms with Crippen LogP contribution in [0.25, 0.3) is 21.5 Å². The number of methoxy groups -OCH3 is 2. The molecule has 0 unspecified atom stereocenters. The van der Waals surface area contributed by atoms with E-state index in [2.05, 4.69) is 24.3 Å². The molecule has 0 aliphatic rings. The zero-order chi connectivity index (χ0) is 12.5. The Bertz CT molecular complexity index is 654. The summed E-state index contributed by atoms with van der Waals surface area (Å²) >= 11 is 0. The molecule has 0 radical (unpaired) electrons. The molecule has 0 spiro atoms. The summed E-state index contributed by atoms with van der Waals surface area (Å²) in [5.74, 6) is 1.75. The molecule has 3 rings (SSSR count). The molecule has 2 heteroatoms. The maximum Gasteiger partial charge on any atom is 0.127 e. The second-order valence-corrected chi connectivity index (χ2v) is 4.18. The van der Waals surface area contributed by atoms with Gasteiger partial charge in [0.2, 0.25) is 0 Å². The van der Waals surface area contributed by atoms with Gasteiger partial charge in [-0.05, 0) is 22.9 Å². The summed E-state index contributed by atoms with van der Waals surface area (Å²) in [6.07, 6.45) is 0. The van der Waals surface area contributed by atoms with Gasteiger partial charge in [-0.25, -0.2) is 0 Å². The van der Waals surface area contributed by atoms with Crippen molar-refractivity contribution in [2.45, 2.75) is 0 Å². The molecule has 0 heterocycles. The predicted molar refractivity (Wildman–Crippen MR) is 74.6 cm³/mol. The Labute approximate surface area is 106 Å². The first-order valence-corrected chi connectivity index (χ1v) is 5.87.